The highest BCUT2D eigenvalue weighted by atomic mass is 19.1. The number of hydrogen-bond donors (Lipinski definition) is 1. The van der Waals surface area contributed by atoms with Crippen LogP contribution < -0.4 is 15.9 Å². The molecule has 266 valence electrons. The van der Waals surface area contributed by atoms with Crippen LogP contribution in [0.15, 0.2) is 29.1 Å². The fourth-order valence-electron chi connectivity index (χ4n) is 7.78. The summed E-state index contributed by atoms with van der Waals surface area (Å²) in [6, 6.07) is 6.02. The quantitative estimate of drug-likeness (QED) is 0.381. The van der Waals surface area contributed by atoms with Crippen molar-refractivity contribution in [3.8, 4) is 0 Å². The Morgan fingerprint density at radius 3 is 2.61 bits per heavy atom. The lowest BCUT2D eigenvalue weighted by Crippen LogP contribution is -2.62. The summed E-state index contributed by atoms with van der Waals surface area (Å²) in [6.07, 6.45) is -0.289. The molecular weight excluding hydrogens is 636 g/mol. The molecule has 0 radical (unpaired) electrons. The largest absolute Gasteiger partial charge is 0.379 e. The Hall–Kier alpha value is -3.27. The van der Waals surface area contributed by atoms with Gasteiger partial charge in [0.15, 0.2) is 5.65 Å². The van der Waals surface area contributed by atoms with Crippen LogP contribution in [0.4, 0.5) is 14.5 Å². The van der Waals surface area contributed by atoms with Gasteiger partial charge in [0, 0.05) is 74.3 Å². The van der Waals surface area contributed by atoms with E-state index in [1.807, 2.05) is 19.9 Å². The normalized spacial score (nSPS) is 26.4. The minimum atomic E-state index is -0.685. The van der Waals surface area contributed by atoms with Gasteiger partial charge in [0.2, 0.25) is 5.91 Å². The van der Waals surface area contributed by atoms with E-state index in [-0.39, 0.29) is 54.9 Å². The number of piperazine rings is 1. The summed E-state index contributed by atoms with van der Waals surface area (Å²) in [5.74, 6) is -1.42. The molecule has 12 nitrogen and oxygen atoms in total. The molecule has 3 fully saturated rings. The smallest absolute Gasteiger partial charge is 0.350 e. The maximum absolute atomic E-state index is 15.0. The Bertz CT molecular complexity index is 1760. The number of nitrogens with one attached hydrogen (secondary N) is 1. The average molecular weight is 684 g/mol. The van der Waals surface area contributed by atoms with E-state index >= 15 is 4.39 Å². The molecule has 0 unspecified atom stereocenters. The number of nitrogens with zero attached hydrogens (tertiary/aromatic N) is 6. The Morgan fingerprint density at radius 2 is 1.86 bits per heavy atom. The van der Waals surface area contributed by atoms with Gasteiger partial charge in [0.25, 0.3) is 0 Å². The lowest BCUT2D eigenvalue weighted by atomic mass is 9.90. The molecule has 7 rings (SSSR count). The van der Waals surface area contributed by atoms with E-state index in [1.165, 1.54) is 16.8 Å². The van der Waals surface area contributed by atoms with E-state index in [2.05, 4.69) is 29.0 Å². The summed E-state index contributed by atoms with van der Waals surface area (Å²) in [5, 5.41) is 8.33. The monoisotopic (exact) mass is 683 g/mol. The van der Waals surface area contributed by atoms with Gasteiger partial charge in [-0.1, -0.05) is 19.9 Å². The molecule has 1 aromatic carbocycles. The summed E-state index contributed by atoms with van der Waals surface area (Å²) < 4.78 is 48.8. The van der Waals surface area contributed by atoms with Crippen LogP contribution in [0, 0.1) is 11.6 Å². The van der Waals surface area contributed by atoms with Crippen LogP contribution in [-0.4, -0.2) is 126 Å². The lowest BCUT2D eigenvalue weighted by Gasteiger charge is -2.43. The van der Waals surface area contributed by atoms with Crippen molar-refractivity contribution in [1.82, 2.24) is 29.3 Å². The van der Waals surface area contributed by atoms with E-state index in [1.54, 1.807) is 9.30 Å². The van der Waals surface area contributed by atoms with Crippen molar-refractivity contribution >= 4 is 17.2 Å². The zero-order chi connectivity index (χ0) is 34.4. The van der Waals surface area contributed by atoms with E-state index in [0.717, 1.165) is 32.2 Å². The third kappa shape index (κ3) is 6.91. The van der Waals surface area contributed by atoms with Gasteiger partial charge in [-0.15, -0.1) is 5.10 Å². The number of rotatable bonds is 8. The number of halogens is 2. The highest BCUT2D eigenvalue weighted by Crippen LogP contribution is 2.42. The van der Waals surface area contributed by atoms with Crippen molar-refractivity contribution in [1.29, 1.82) is 0 Å². The second kappa shape index (κ2) is 13.8. The number of hydrogen-bond acceptors (Lipinski definition) is 9. The molecule has 3 saturated heterocycles. The van der Waals surface area contributed by atoms with Crippen LogP contribution in [0.25, 0.3) is 5.65 Å². The van der Waals surface area contributed by atoms with Crippen molar-refractivity contribution in [2.45, 2.75) is 70.3 Å². The number of anilines is 1. The Labute approximate surface area is 284 Å². The molecule has 49 heavy (non-hydrogen) atoms. The van der Waals surface area contributed by atoms with Crippen LogP contribution >= 0.6 is 0 Å². The molecule has 14 heteroatoms. The SMILES string of the molecule is C[C@@H]1CN(CC(=O)N2CC(C)(C)c3c2cc(Cc2ccc(F)cc2F)c2nn(C[C@H]4COCCO4)c(=O)n32)[C@@H](CN2CCOC[C@H]2C)CN1. The predicted octanol–water partition coefficient (Wildman–Crippen LogP) is 1.79. The van der Waals surface area contributed by atoms with Crippen LogP contribution in [0.3, 0.4) is 0 Å². The van der Waals surface area contributed by atoms with Gasteiger partial charge < -0.3 is 24.4 Å². The number of pyridine rings is 1. The summed E-state index contributed by atoms with van der Waals surface area (Å²) in [5.41, 5.74) is 1.54. The van der Waals surface area contributed by atoms with Crippen LogP contribution in [-0.2, 0) is 37.4 Å². The van der Waals surface area contributed by atoms with Crippen molar-refractivity contribution in [3.63, 3.8) is 0 Å². The fourth-order valence-corrected chi connectivity index (χ4v) is 7.78. The fraction of sp³-hybridized carbons (Fsp3) is 0.629. The van der Waals surface area contributed by atoms with Gasteiger partial charge in [-0.2, -0.15) is 0 Å². The van der Waals surface area contributed by atoms with Gasteiger partial charge in [0.05, 0.1) is 57.5 Å². The Kier molecular flexibility index (Phi) is 9.63. The molecule has 2 aromatic heterocycles. The first-order chi connectivity index (χ1) is 23.5. The maximum atomic E-state index is 15.0. The minimum absolute atomic E-state index is 0.0555. The van der Waals surface area contributed by atoms with Crippen LogP contribution in [0.5, 0.6) is 0 Å². The number of amides is 1. The van der Waals surface area contributed by atoms with Gasteiger partial charge in [-0.3, -0.25) is 14.6 Å². The maximum Gasteiger partial charge on any atom is 0.350 e. The van der Waals surface area contributed by atoms with Crippen molar-refractivity contribution in [3.05, 3.63) is 63.2 Å². The number of aromatic nitrogens is 3. The number of ether oxygens (including phenoxy) is 3. The van der Waals surface area contributed by atoms with E-state index < -0.39 is 17.0 Å². The van der Waals surface area contributed by atoms with Crippen molar-refractivity contribution in [2.75, 3.05) is 77.2 Å². The summed E-state index contributed by atoms with van der Waals surface area (Å²) >= 11 is 0. The van der Waals surface area contributed by atoms with Gasteiger partial charge in [-0.05, 0) is 31.5 Å². The van der Waals surface area contributed by atoms with Crippen LogP contribution in [0.1, 0.15) is 44.5 Å². The lowest BCUT2D eigenvalue weighted by molar-refractivity contribution is -0.121. The number of carbonyl (C=O) groups excluding carboxylic acids is 1. The summed E-state index contributed by atoms with van der Waals surface area (Å²) in [6.45, 7) is 15.0. The van der Waals surface area contributed by atoms with Gasteiger partial charge in [0.1, 0.15) is 17.7 Å². The first-order valence-corrected chi connectivity index (χ1v) is 17.4. The Balaban J connectivity index is 1.25. The zero-order valence-electron chi connectivity index (χ0n) is 28.8. The standard InChI is InChI=1S/C35H47F2N7O5/c1-22-15-41(27(14-38-22)16-40-7-8-47-19-23(40)2)18-31(45)42-21-35(3,4)32-30(42)12-25(11-24-5-6-26(36)13-29(24)37)33-39-43(34(46)44(32)33)17-28-20-48-9-10-49-28/h5-6,12-13,22-23,27-28,38H,7-11,14-21H2,1-4H3/t22-,23-,27-,28+/m1/s1. The Morgan fingerprint density at radius 1 is 1.04 bits per heavy atom. The molecule has 0 aliphatic carbocycles. The number of morpholine rings is 1. The molecule has 6 heterocycles. The highest BCUT2D eigenvalue weighted by Gasteiger charge is 2.43. The molecule has 4 atom stereocenters. The molecule has 3 aromatic rings. The minimum Gasteiger partial charge on any atom is -0.379 e. The number of fused-ring (bicyclic) bond motifs is 3. The average Bonchev–Trinajstić information content (AvgIpc) is 3.53. The molecule has 0 bridgehead atoms. The zero-order valence-corrected chi connectivity index (χ0v) is 28.8. The third-order valence-electron chi connectivity index (χ3n) is 10.4. The molecule has 0 saturated carbocycles. The molecule has 1 N–H and O–H groups in total. The molecule has 4 aliphatic heterocycles. The predicted molar refractivity (Wildman–Crippen MR) is 179 cm³/mol. The second-order valence-electron chi connectivity index (χ2n) is 14.7. The first kappa shape index (κ1) is 34.2. The van der Waals surface area contributed by atoms with Crippen molar-refractivity contribution < 1.29 is 27.8 Å². The highest BCUT2D eigenvalue weighted by molar-refractivity contribution is 5.98. The molecule has 4 aliphatic rings. The first-order valence-electron chi connectivity index (χ1n) is 17.4. The third-order valence-corrected chi connectivity index (χ3v) is 10.4. The second-order valence-corrected chi connectivity index (χ2v) is 14.7. The van der Waals surface area contributed by atoms with E-state index in [0.29, 0.717) is 68.2 Å². The molecule has 0 spiro atoms. The summed E-state index contributed by atoms with van der Waals surface area (Å²) in [7, 11) is 0. The van der Waals surface area contributed by atoms with Crippen LogP contribution in [0.2, 0.25) is 0 Å². The molecular formula is C35H47F2N7O5. The van der Waals surface area contributed by atoms with Gasteiger partial charge in [-0.25, -0.2) is 22.7 Å². The topological polar surface area (TPSA) is 106 Å². The van der Waals surface area contributed by atoms with E-state index in [9.17, 15) is 14.0 Å². The number of benzene rings is 1. The molecule has 1 amide bonds. The van der Waals surface area contributed by atoms with Crippen molar-refractivity contribution in [2.24, 2.45) is 0 Å². The number of carbonyl (C=O) groups is 1. The van der Waals surface area contributed by atoms with Gasteiger partial charge >= 0.3 is 5.69 Å². The van der Waals surface area contributed by atoms with E-state index in [4.69, 9.17) is 19.3 Å². The summed E-state index contributed by atoms with van der Waals surface area (Å²) in [4.78, 5) is 35.1.